The number of hydrogen-bond donors (Lipinski definition) is 1. The highest BCUT2D eigenvalue weighted by molar-refractivity contribution is 5.83. The lowest BCUT2D eigenvalue weighted by Gasteiger charge is -2.21. The molecule has 3 heteroatoms. The van der Waals surface area contributed by atoms with E-state index in [0.717, 1.165) is 13.0 Å². The SMILES string of the molecule is CC(CN1CCCC1)NC1=NCCC1. The van der Waals surface area contributed by atoms with Crippen molar-refractivity contribution in [1.82, 2.24) is 10.2 Å². The highest BCUT2D eigenvalue weighted by atomic mass is 15.2. The summed E-state index contributed by atoms with van der Waals surface area (Å²) in [4.78, 5) is 6.99. The van der Waals surface area contributed by atoms with E-state index < -0.39 is 0 Å². The van der Waals surface area contributed by atoms with Crippen molar-refractivity contribution in [3.63, 3.8) is 0 Å². The lowest BCUT2D eigenvalue weighted by atomic mass is 10.3. The van der Waals surface area contributed by atoms with Gasteiger partial charge in [-0.25, -0.2) is 0 Å². The first-order chi connectivity index (χ1) is 6.84. The first-order valence-electron chi connectivity index (χ1n) is 5.87. The maximum absolute atomic E-state index is 4.44. The van der Waals surface area contributed by atoms with E-state index in [1.54, 1.807) is 0 Å². The highest BCUT2D eigenvalue weighted by Gasteiger charge is 2.15. The number of likely N-dealkylation sites (tertiary alicyclic amines) is 1. The van der Waals surface area contributed by atoms with Crippen LogP contribution in [0.5, 0.6) is 0 Å². The quantitative estimate of drug-likeness (QED) is 0.734. The van der Waals surface area contributed by atoms with Gasteiger partial charge < -0.3 is 10.2 Å². The first kappa shape index (κ1) is 9.97. The van der Waals surface area contributed by atoms with Gasteiger partial charge in [0, 0.05) is 25.6 Å². The van der Waals surface area contributed by atoms with Crippen LogP contribution < -0.4 is 5.32 Å². The molecule has 0 aromatic rings. The summed E-state index contributed by atoms with van der Waals surface area (Å²) in [6, 6.07) is 0.560. The molecule has 0 bridgehead atoms. The Labute approximate surface area is 86.6 Å². The molecule has 0 amide bonds. The fourth-order valence-corrected chi connectivity index (χ4v) is 2.34. The van der Waals surface area contributed by atoms with Crippen LogP contribution in [0, 0.1) is 0 Å². The number of hydrogen-bond acceptors (Lipinski definition) is 3. The van der Waals surface area contributed by atoms with E-state index in [2.05, 4.69) is 22.1 Å². The van der Waals surface area contributed by atoms with Gasteiger partial charge in [-0.3, -0.25) is 4.99 Å². The van der Waals surface area contributed by atoms with Crippen LogP contribution in [0.4, 0.5) is 0 Å². The largest absolute Gasteiger partial charge is 0.370 e. The van der Waals surface area contributed by atoms with Crippen LogP contribution in [0.2, 0.25) is 0 Å². The maximum atomic E-state index is 4.44. The van der Waals surface area contributed by atoms with Crippen molar-refractivity contribution >= 4 is 5.84 Å². The molecule has 0 aromatic heterocycles. The van der Waals surface area contributed by atoms with E-state index >= 15 is 0 Å². The molecule has 2 rings (SSSR count). The molecule has 0 radical (unpaired) electrons. The third-order valence-electron chi connectivity index (χ3n) is 3.02. The second kappa shape index (κ2) is 4.78. The maximum Gasteiger partial charge on any atom is 0.0966 e. The molecule has 3 nitrogen and oxygen atoms in total. The monoisotopic (exact) mass is 195 g/mol. The third-order valence-corrected chi connectivity index (χ3v) is 3.02. The Bertz CT molecular complexity index is 207. The average molecular weight is 195 g/mol. The molecule has 80 valence electrons. The summed E-state index contributed by atoms with van der Waals surface area (Å²) in [6.45, 7) is 7.05. The Balaban J connectivity index is 1.69. The normalized spacial score (nSPS) is 25.1. The van der Waals surface area contributed by atoms with E-state index in [1.165, 1.54) is 44.7 Å². The van der Waals surface area contributed by atoms with Crippen molar-refractivity contribution in [1.29, 1.82) is 0 Å². The van der Waals surface area contributed by atoms with Crippen LogP contribution in [0.1, 0.15) is 32.6 Å². The summed E-state index contributed by atoms with van der Waals surface area (Å²) in [7, 11) is 0. The minimum Gasteiger partial charge on any atom is -0.370 e. The van der Waals surface area contributed by atoms with Crippen molar-refractivity contribution in [2.24, 2.45) is 4.99 Å². The van der Waals surface area contributed by atoms with Gasteiger partial charge in [0.2, 0.25) is 0 Å². The molecule has 0 saturated carbocycles. The molecule has 2 aliphatic rings. The van der Waals surface area contributed by atoms with E-state index in [4.69, 9.17) is 0 Å². The second-order valence-electron chi connectivity index (χ2n) is 4.49. The molecular formula is C11H21N3. The third kappa shape index (κ3) is 2.71. The van der Waals surface area contributed by atoms with Crippen molar-refractivity contribution < 1.29 is 0 Å². The molecule has 1 saturated heterocycles. The zero-order valence-electron chi connectivity index (χ0n) is 9.13. The molecular weight excluding hydrogens is 174 g/mol. The number of rotatable bonds is 3. The Morgan fingerprint density at radius 3 is 2.79 bits per heavy atom. The van der Waals surface area contributed by atoms with Gasteiger partial charge in [0.25, 0.3) is 0 Å². The molecule has 1 N–H and O–H groups in total. The van der Waals surface area contributed by atoms with Crippen molar-refractivity contribution in [3.05, 3.63) is 0 Å². The van der Waals surface area contributed by atoms with Gasteiger partial charge in [0.1, 0.15) is 0 Å². The summed E-state index contributed by atoms with van der Waals surface area (Å²) in [5.74, 6) is 1.23. The molecule has 0 spiro atoms. The lowest BCUT2D eigenvalue weighted by molar-refractivity contribution is 0.311. The molecule has 2 aliphatic heterocycles. The van der Waals surface area contributed by atoms with E-state index in [1.807, 2.05) is 0 Å². The fraction of sp³-hybridized carbons (Fsp3) is 0.909. The van der Waals surface area contributed by atoms with Gasteiger partial charge in [-0.2, -0.15) is 0 Å². The Morgan fingerprint density at radius 1 is 1.36 bits per heavy atom. The number of nitrogens with zero attached hydrogens (tertiary/aromatic N) is 2. The van der Waals surface area contributed by atoms with Gasteiger partial charge in [0.15, 0.2) is 0 Å². The molecule has 1 atom stereocenters. The van der Waals surface area contributed by atoms with Gasteiger partial charge in [-0.05, 0) is 39.3 Å². The molecule has 14 heavy (non-hydrogen) atoms. The molecule has 0 aromatic carbocycles. The van der Waals surface area contributed by atoms with E-state index in [0.29, 0.717) is 6.04 Å². The van der Waals surface area contributed by atoms with Gasteiger partial charge in [-0.1, -0.05) is 0 Å². The van der Waals surface area contributed by atoms with Gasteiger partial charge in [-0.15, -0.1) is 0 Å². The zero-order chi connectivity index (χ0) is 9.80. The predicted molar refractivity (Wildman–Crippen MR) is 59.8 cm³/mol. The molecule has 1 unspecified atom stereocenters. The van der Waals surface area contributed by atoms with Crippen LogP contribution in [0.3, 0.4) is 0 Å². The molecule has 2 heterocycles. The summed E-state index contributed by atoms with van der Waals surface area (Å²) in [5, 5.41) is 3.51. The molecule has 1 fully saturated rings. The van der Waals surface area contributed by atoms with Crippen molar-refractivity contribution in [2.75, 3.05) is 26.2 Å². The second-order valence-corrected chi connectivity index (χ2v) is 4.49. The Hall–Kier alpha value is -0.570. The van der Waals surface area contributed by atoms with E-state index in [9.17, 15) is 0 Å². The van der Waals surface area contributed by atoms with E-state index in [-0.39, 0.29) is 0 Å². The summed E-state index contributed by atoms with van der Waals surface area (Å²) in [6.07, 6.45) is 5.16. The first-order valence-corrected chi connectivity index (χ1v) is 5.87. The lowest BCUT2D eigenvalue weighted by Crippen LogP contribution is -2.40. The number of aliphatic imine (C=N–C) groups is 1. The van der Waals surface area contributed by atoms with Crippen molar-refractivity contribution in [3.8, 4) is 0 Å². The van der Waals surface area contributed by atoms with Crippen LogP contribution in [0.15, 0.2) is 4.99 Å². The number of nitrogens with one attached hydrogen (secondary N) is 1. The highest BCUT2D eigenvalue weighted by Crippen LogP contribution is 2.08. The van der Waals surface area contributed by atoms with Crippen LogP contribution in [0.25, 0.3) is 0 Å². The van der Waals surface area contributed by atoms with Crippen LogP contribution in [-0.2, 0) is 0 Å². The van der Waals surface area contributed by atoms with Crippen molar-refractivity contribution in [2.45, 2.75) is 38.6 Å². The standard InChI is InChI=1S/C11H21N3/c1-10(9-14-7-2-3-8-14)13-11-5-4-6-12-11/h10H,2-9H2,1H3,(H,12,13). The average Bonchev–Trinajstić information content (AvgIpc) is 2.76. The predicted octanol–water partition coefficient (Wildman–Crippen LogP) is 1.25. The van der Waals surface area contributed by atoms with Crippen LogP contribution in [-0.4, -0.2) is 43.0 Å². The Kier molecular flexibility index (Phi) is 3.40. The molecule has 0 aliphatic carbocycles. The fourth-order valence-electron chi connectivity index (χ4n) is 2.34. The topological polar surface area (TPSA) is 27.6 Å². The van der Waals surface area contributed by atoms with Gasteiger partial charge >= 0.3 is 0 Å². The number of amidine groups is 1. The minimum atomic E-state index is 0.560. The summed E-state index contributed by atoms with van der Waals surface area (Å²) < 4.78 is 0. The Morgan fingerprint density at radius 2 is 2.14 bits per heavy atom. The zero-order valence-corrected chi connectivity index (χ0v) is 9.13. The van der Waals surface area contributed by atoms with Crippen LogP contribution >= 0.6 is 0 Å². The smallest absolute Gasteiger partial charge is 0.0966 e. The minimum absolute atomic E-state index is 0.560. The van der Waals surface area contributed by atoms with Gasteiger partial charge in [0.05, 0.1) is 5.84 Å². The summed E-state index contributed by atoms with van der Waals surface area (Å²) in [5.41, 5.74) is 0. The summed E-state index contributed by atoms with van der Waals surface area (Å²) >= 11 is 0.